The first-order valence-corrected chi connectivity index (χ1v) is 11.6. The van der Waals surface area contributed by atoms with Crippen LogP contribution in [-0.2, 0) is 16.4 Å². The second-order valence-electron chi connectivity index (χ2n) is 6.92. The molecule has 10 heteroatoms. The van der Waals surface area contributed by atoms with E-state index in [1.165, 1.54) is 23.1 Å². The second-order valence-corrected chi connectivity index (χ2v) is 9.72. The Bertz CT molecular complexity index is 1190. The van der Waals surface area contributed by atoms with Crippen LogP contribution in [0.25, 0.3) is 11.5 Å². The fraction of sp³-hybridized carbons (Fsp3) is 0.250. The summed E-state index contributed by atoms with van der Waals surface area (Å²) in [6.07, 6.45) is 1.04. The maximum atomic E-state index is 13.1. The first-order chi connectivity index (χ1) is 14.1. The van der Waals surface area contributed by atoms with Crippen LogP contribution in [0.1, 0.15) is 30.1 Å². The minimum Gasteiger partial charge on any atom is -0.419 e. The van der Waals surface area contributed by atoms with Crippen molar-refractivity contribution in [2.75, 3.05) is 6.26 Å². The first-order valence-electron chi connectivity index (χ1n) is 8.95. The maximum absolute atomic E-state index is 13.1. The molecule has 0 atom stereocenters. The molecule has 0 N–H and O–H groups in total. The van der Waals surface area contributed by atoms with Crippen molar-refractivity contribution >= 4 is 38.9 Å². The quantitative estimate of drug-likeness (QED) is 0.529. The lowest BCUT2D eigenvalue weighted by Crippen LogP contribution is -2.36. The van der Waals surface area contributed by atoms with Gasteiger partial charge in [0, 0.05) is 17.9 Å². The summed E-state index contributed by atoms with van der Waals surface area (Å²) in [4.78, 5) is 14.5. The standard InChI is InChI=1S/C20H19Cl2N3O4S/c1-12(2)25(20(26)13-8-9-16(22)17(10-13)30(3,27)28)11-18-23-24-19(29-18)14-6-4-5-7-15(14)21/h4-10,12H,11H2,1-3H3. The van der Waals surface area contributed by atoms with Gasteiger partial charge in [-0.3, -0.25) is 4.79 Å². The van der Waals surface area contributed by atoms with Crippen LogP contribution < -0.4 is 0 Å². The van der Waals surface area contributed by atoms with E-state index in [0.717, 1.165) is 6.26 Å². The van der Waals surface area contributed by atoms with Crippen LogP contribution in [0.3, 0.4) is 0 Å². The minimum absolute atomic E-state index is 0.0464. The number of amides is 1. The SMILES string of the molecule is CC(C)N(Cc1nnc(-c2ccccc2Cl)o1)C(=O)c1ccc(Cl)c(S(C)(=O)=O)c1. The Hall–Kier alpha value is -2.42. The predicted molar refractivity (Wildman–Crippen MR) is 114 cm³/mol. The molecule has 158 valence electrons. The van der Waals surface area contributed by atoms with Crippen molar-refractivity contribution in [1.82, 2.24) is 15.1 Å². The Morgan fingerprint density at radius 2 is 1.80 bits per heavy atom. The number of rotatable bonds is 6. The largest absolute Gasteiger partial charge is 0.419 e. The predicted octanol–water partition coefficient (Wildman–Crippen LogP) is 4.50. The van der Waals surface area contributed by atoms with Crippen LogP contribution in [0.2, 0.25) is 10.0 Å². The topological polar surface area (TPSA) is 93.4 Å². The number of hydrogen-bond acceptors (Lipinski definition) is 6. The van der Waals surface area contributed by atoms with Gasteiger partial charge in [0.25, 0.3) is 5.91 Å². The Kier molecular flexibility index (Phi) is 6.50. The van der Waals surface area contributed by atoms with Crippen LogP contribution in [0.4, 0.5) is 0 Å². The summed E-state index contributed by atoms with van der Waals surface area (Å²) < 4.78 is 29.6. The zero-order valence-electron chi connectivity index (χ0n) is 16.5. The number of halogens is 2. The van der Waals surface area contributed by atoms with E-state index >= 15 is 0 Å². The van der Waals surface area contributed by atoms with Gasteiger partial charge in [-0.05, 0) is 44.2 Å². The first kappa shape index (κ1) is 22.3. The molecule has 0 radical (unpaired) electrons. The van der Waals surface area contributed by atoms with E-state index in [9.17, 15) is 13.2 Å². The van der Waals surface area contributed by atoms with Crippen molar-refractivity contribution < 1.29 is 17.6 Å². The molecule has 0 unspecified atom stereocenters. The normalized spacial score (nSPS) is 11.7. The second kappa shape index (κ2) is 8.75. The third kappa shape index (κ3) is 4.83. The molecular formula is C20H19Cl2N3O4S. The zero-order chi connectivity index (χ0) is 22.1. The van der Waals surface area contributed by atoms with Gasteiger partial charge in [0.2, 0.25) is 11.8 Å². The average molecular weight is 468 g/mol. The number of sulfone groups is 1. The summed E-state index contributed by atoms with van der Waals surface area (Å²) in [5.41, 5.74) is 0.787. The van der Waals surface area contributed by atoms with Crippen LogP contribution >= 0.6 is 23.2 Å². The van der Waals surface area contributed by atoms with E-state index in [2.05, 4.69) is 10.2 Å². The molecule has 0 aliphatic heterocycles. The Labute approximate surface area is 184 Å². The number of carbonyl (C=O) groups is 1. The highest BCUT2D eigenvalue weighted by molar-refractivity contribution is 7.90. The lowest BCUT2D eigenvalue weighted by atomic mass is 10.1. The monoisotopic (exact) mass is 467 g/mol. The number of carbonyl (C=O) groups excluding carboxylic acids is 1. The molecule has 0 saturated heterocycles. The fourth-order valence-corrected chi connectivity index (χ4v) is 4.30. The number of hydrogen-bond donors (Lipinski definition) is 0. The number of benzene rings is 2. The maximum Gasteiger partial charge on any atom is 0.254 e. The third-order valence-electron chi connectivity index (χ3n) is 4.34. The highest BCUT2D eigenvalue weighted by atomic mass is 35.5. The summed E-state index contributed by atoms with van der Waals surface area (Å²) in [6, 6.07) is 11.0. The van der Waals surface area contributed by atoms with Crippen molar-refractivity contribution in [3.8, 4) is 11.5 Å². The summed E-state index contributed by atoms with van der Waals surface area (Å²) in [6.45, 7) is 3.71. The van der Waals surface area contributed by atoms with Gasteiger partial charge < -0.3 is 9.32 Å². The van der Waals surface area contributed by atoms with Crippen molar-refractivity contribution in [2.24, 2.45) is 0 Å². The molecule has 7 nitrogen and oxygen atoms in total. The molecule has 0 aliphatic rings. The van der Waals surface area contributed by atoms with Crippen molar-refractivity contribution in [1.29, 1.82) is 0 Å². The molecule has 0 saturated carbocycles. The van der Waals surface area contributed by atoms with Crippen LogP contribution in [0.5, 0.6) is 0 Å². The van der Waals surface area contributed by atoms with E-state index in [-0.39, 0.29) is 45.8 Å². The van der Waals surface area contributed by atoms with Gasteiger partial charge in [-0.2, -0.15) is 0 Å². The molecule has 30 heavy (non-hydrogen) atoms. The molecule has 3 aromatic rings. The van der Waals surface area contributed by atoms with Gasteiger partial charge in [0.05, 0.1) is 27.0 Å². The molecule has 0 aliphatic carbocycles. The highest BCUT2D eigenvalue weighted by Gasteiger charge is 2.24. The van der Waals surface area contributed by atoms with E-state index in [0.29, 0.717) is 10.6 Å². The average Bonchev–Trinajstić information content (AvgIpc) is 3.13. The van der Waals surface area contributed by atoms with Gasteiger partial charge in [-0.15, -0.1) is 10.2 Å². The number of nitrogens with zero attached hydrogens (tertiary/aromatic N) is 3. The van der Waals surface area contributed by atoms with E-state index in [1.807, 2.05) is 13.8 Å². The van der Waals surface area contributed by atoms with Gasteiger partial charge in [0.1, 0.15) is 0 Å². The van der Waals surface area contributed by atoms with Crippen molar-refractivity contribution in [3.63, 3.8) is 0 Å². The van der Waals surface area contributed by atoms with Crippen LogP contribution in [0, 0.1) is 0 Å². The van der Waals surface area contributed by atoms with Crippen molar-refractivity contribution in [2.45, 2.75) is 31.3 Å². The minimum atomic E-state index is -3.58. The lowest BCUT2D eigenvalue weighted by Gasteiger charge is -2.25. The molecule has 0 spiro atoms. The molecule has 1 amide bonds. The molecular weight excluding hydrogens is 449 g/mol. The highest BCUT2D eigenvalue weighted by Crippen LogP contribution is 2.27. The summed E-state index contributed by atoms with van der Waals surface area (Å²) in [5, 5.41) is 8.56. The third-order valence-corrected chi connectivity index (χ3v) is 6.25. The Balaban J connectivity index is 1.89. The Morgan fingerprint density at radius 3 is 2.43 bits per heavy atom. The smallest absolute Gasteiger partial charge is 0.254 e. The molecule has 1 aromatic heterocycles. The zero-order valence-corrected chi connectivity index (χ0v) is 18.8. The summed E-state index contributed by atoms with van der Waals surface area (Å²) in [5.74, 6) is 0.0888. The van der Waals surface area contributed by atoms with E-state index in [1.54, 1.807) is 24.3 Å². The Morgan fingerprint density at radius 1 is 1.10 bits per heavy atom. The summed E-state index contributed by atoms with van der Waals surface area (Å²) >= 11 is 12.1. The van der Waals surface area contributed by atoms with E-state index in [4.69, 9.17) is 27.6 Å². The molecule has 1 heterocycles. The van der Waals surface area contributed by atoms with E-state index < -0.39 is 9.84 Å². The van der Waals surface area contributed by atoms with Gasteiger partial charge in [-0.25, -0.2) is 8.42 Å². The molecule has 0 fully saturated rings. The van der Waals surface area contributed by atoms with Crippen LogP contribution in [-0.4, -0.2) is 41.7 Å². The number of aromatic nitrogens is 2. The molecule has 2 aromatic carbocycles. The lowest BCUT2D eigenvalue weighted by molar-refractivity contribution is 0.0672. The summed E-state index contributed by atoms with van der Waals surface area (Å²) in [7, 11) is -3.58. The molecule has 0 bridgehead atoms. The van der Waals surface area contributed by atoms with Crippen LogP contribution in [0.15, 0.2) is 51.8 Å². The van der Waals surface area contributed by atoms with Gasteiger partial charge >= 0.3 is 0 Å². The van der Waals surface area contributed by atoms with Gasteiger partial charge in [-0.1, -0.05) is 35.3 Å². The van der Waals surface area contributed by atoms with Gasteiger partial charge in [0.15, 0.2) is 9.84 Å². The van der Waals surface area contributed by atoms with Crippen molar-refractivity contribution in [3.05, 3.63) is 64.0 Å². The fourth-order valence-electron chi connectivity index (χ4n) is 2.78. The molecule has 3 rings (SSSR count).